The maximum absolute atomic E-state index is 5.25. The Balaban J connectivity index is 1.14. The number of hydrogen-bond donors (Lipinski definition) is 0. The van der Waals surface area contributed by atoms with Gasteiger partial charge in [-0.15, -0.1) is 5.11 Å². The second-order valence-corrected chi connectivity index (χ2v) is 16.2. The Morgan fingerprint density at radius 1 is 0.439 bits per heavy atom. The van der Waals surface area contributed by atoms with Crippen molar-refractivity contribution in [2.75, 3.05) is 0 Å². The Bertz CT molecular complexity index is 2990. The van der Waals surface area contributed by atoms with Crippen LogP contribution in [0.1, 0.15) is 70.8 Å². The van der Waals surface area contributed by atoms with Crippen molar-refractivity contribution >= 4 is 27.7 Å². The molecule has 8 aromatic rings. The van der Waals surface area contributed by atoms with Crippen molar-refractivity contribution in [2.24, 2.45) is 10.2 Å². The summed E-state index contributed by atoms with van der Waals surface area (Å²) in [4.78, 5) is 0. The lowest BCUT2D eigenvalue weighted by Gasteiger charge is -2.46. The predicted octanol–water partition coefficient (Wildman–Crippen LogP) is 14.5. The fraction of sp³-hybridized carbons (Fsp3) is 0.0909. The van der Waals surface area contributed by atoms with Gasteiger partial charge < -0.3 is 0 Å². The smallest absolute Gasteiger partial charge is 0.0970 e. The normalized spacial score (nSPS) is 15.1. The van der Waals surface area contributed by atoms with E-state index < -0.39 is 5.41 Å². The van der Waals surface area contributed by atoms with E-state index in [1.54, 1.807) is 0 Å². The summed E-state index contributed by atoms with van der Waals surface area (Å²) >= 11 is 0. The highest BCUT2D eigenvalue weighted by atomic mass is 15.1. The molecule has 1 spiro atoms. The third kappa shape index (κ3) is 4.53. The Hall–Kier alpha value is -6.90. The lowest BCUT2D eigenvalue weighted by molar-refractivity contribution is 0.563. The van der Waals surface area contributed by atoms with Gasteiger partial charge in [0.25, 0.3) is 0 Å². The van der Waals surface area contributed by atoms with Crippen LogP contribution in [0.4, 0.5) is 0 Å². The van der Waals surface area contributed by atoms with E-state index in [2.05, 4.69) is 203 Å². The second kappa shape index (κ2) is 12.3. The molecule has 0 aromatic heterocycles. The summed E-state index contributed by atoms with van der Waals surface area (Å²) in [7, 11) is 0. The molecule has 0 fully saturated rings. The van der Waals surface area contributed by atoms with Gasteiger partial charge in [0, 0.05) is 16.5 Å². The van der Waals surface area contributed by atoms with E-state index in [-0.39, 0.29) is 5.41 Å². The molecule has 2 heteroatoms. The van der Waals surface area contributed by atoms with Gasteiger partial charge in [-0.1, -0.05) is 196 Å². The minimum Gasteiger partial charge on any atom is -0.151 e. The average molecular weight is 729 g/mol. The zero-order valence-electron chi connectivity index (χ0n) is 32.3. The van der Waals surface area contributed by atoms with Crippen LogP contribution in [0.15, 0.2) is 193 Å². The topological polar surface area (TPSA) is 24.7 Å². The molecule has 2 nitrogen and oxygen atoms in total. The van der Waals surface area contributed by atoms with E-state index in [1.807, 2.05) is 0 Å². The first-order valence-corrected chi connectivity index (χ1v) is 19.9. The number of hydrogen-bond acceptors (Lipinski definition) is 2. The molecule has 270 valence electrons. The summed E-state index contributed by atoms with van der Waals surface area (Å²) in [5.41, 5.74) is 20.5. The van der Waals surface area contributed by atoms with Crippen LogP contribution in [-0.2, 0) is 10.8 Å². The maximum Gasteiger partial charge on any atom is 0.0970 e. The molecular formula is C55H40N2. The van der Waals surface area contributed by atoms with E-state index in [4.69, 9.17) is 10.2 Å². The molecule has 3 aliphatic carbocycles. The van der Waals surface area contributed by atoms with Crippen LogP contribution >= 0.6 is 0 Å². The second-order valence-electron chi connectivity index (χ2n) is 16.2. The van der Waals surface area contributed by atoms with Crippen LogP contribution in [0.25, 0.3) is 61.1 Å². The van der Waals surface area contributed by atoms with E-state index >= 15 is 0 Å². The molecule has 0 amide bonds. The molecule has 0 radical (unpaired) electrons. The Labute approximate surface area is 334 Å². The van der Waals surface area contributed by atoms with Gasteiger partial charge in [-0.05, 0) is 95.6 Å². The quantitative estimate of drug-likeness (QED) is 0.125. The largest absolute Gasteiger partial charge is 0.151 e. The number of rotatable bonds is 5. The molecular weight excluding hydrogens is 689 g/mol. The first kappa shape index (κ1) is 33.4. The van der Waals surface area contributed by atoms with Gasteiger partial charge in [0.2, 0.25) is 0 Å². The minimum absolute atomic E-state index is 0.164. The van der Waals surface area contributed by atoms with Crippen molar-refractivity contribution in [3.05, 3.63) is 233 Å². The summed E-state index contributed by atoms with van der Waals surface area (Å²) in [5.74, 6) is 0. The average Bonchev–Trinajstić information content (AvgIpc) is 3.75. The molecule has 0 saturated carbocycles. The van der Waals surface area contributed by atoms with Gasteiger partial charge in [-0.3, -0.25) is 0 Å². The summed E-state index contributed by atoms with van der Waals surface area (Å²) in [6, 6.07) is 64.2. The summed E-state index contributed by atoms with van der Waals surface area (Å²) in [5, 5.41) is 12.7. The van der Waals surface area contributed by atoms with Crippen molar-refractivity contribution in [1.29, 1.82) is 0 Å². The van der Waals surface area contributed by atoms with Gasteiger partial charge >= 0.3 is 0 Å². The summed E-state index contributed by atoms with van der Waals surface area (Å²) in [6.07, 6.45) is 0. The summed E-state index contributed by atoms with van der Waals surface area (Å²) in [6.45, 7) is 11.5. The Morgan fingerprint density at radius 3 is 1.65 bits per heavy atom. The van der Waals surface area contributed by atoms with Gasteiger partial charge in [0.1, 0.15) is 0 Å². The van der Waals surface area contributed by atoms with Crippen LogP contribution < -0.4 is 0 Å². The fourth-order valence-corrected chi connectivity index (χ4v) is 10.5. The van der Waals surface area contributed by atoms with E-state index in [9.17, 15) is 0 Å². The van der Waals surface area contributed by atoms with Crippen LogP contribution in [0.2, 0.25) is 0 Å². The first-order chi connectivity index (χ1) is 27.9. The molecule has 0 atom stereocenters. The van der Waals surface area contributed by atoms with Gasteiger partial charge in [-0.2, -0.15) is 5.11 Å². The van der Waals surface area contributed by atoms with Crippen LogP contribution in [0.5, 0.6) is 0 Å². The predicted molar refractivity (Wildman–Crippen MR) is 237 cm³/mol. The molecule has 0 heterocycles. The molecule has 0 saturated heterocycles. The van der Waals surface area contributed by atoms with Crippen LogP contribution in [0.3, 0.4) is 0 Å². The zero-order valence-corrected chi connectivity index (χ0v) is 32.3. The number of nitrogens with zero attached hydrogens (tertiary/aromatic N) is 2. The number of benzene rings is 8. The van der Waals surface area contributed by atoms with Gasteiger partial charge in [-0.25, -0.2) is 0 Å². The van der Waals surface area contributed by atoms with Crippen molar-refractivity contribution < 1.29 is 0 Å². The van der Waals surface area contributed by atoms with E-state index in [0.717, 1.165) is 33.3 Å². The highest BCUT2D eigenvalue weighted by molar-refractivity contribution is 6.17. The molecule has 0 unspecified atom stereocenters. The van der Waals surface area contributed by atoms with Gasteiger partial charge in [0.05, 0.1) is 16.8 Å². The third-order valence-corrected chi connectivity index (χ3v) is 13.0. The molecule has 57 heavy (non-hydrogen) atoms. The number of allylic oxidation sites excluding steroid dienone is 1. The number of azo groups is 1. The minimum atomic E-state index is -0.501. The Kier molecular flexibility index (Phi) is 7.22. The van der Waals surface area contributed by atoms with Crippen molar-refractivity contribution in [1.82, 2.24) is 0 Å². The molecule has 0 N–H and O–H groups in total. The molecule has 11 rings (SSSR count). The maximum atomic E-state index is 5.25. The highest BCUT2D eigenvalue weighted by Gasteiger charge is 2.53. The lowest BCUT2D eigenvalue weighted by Crippen LogP contribution is -2.40. The molecule has 0 aliphatic heterocycles. The van der Waals surface area contributed by atoms with Crippen molar-refractivity contribution in [2.45, 2.75) is 31.6 Å². The first-order valence-electron chi connectivity index (χ1n) is 19.9. The SMILES string of the molecule is C=C(/N=N\C(=C(/C)c1ccccc1)c1cccc2c1-c1ccccc1C21c2ccccc2C(C)(C)c2ccccc21)c1ccc2c3c(cccc13)-c1ccccc1-2. The van der Waals surface area contributed by atoms with Crippen molar-refractivity contribution in [3.8, 4) is 33.4 Å². The van der Waals surface area contributed by atoms with Crippen molar-refractivity contribution in [3.63, 3.8) is 0 Å². The molecule has 8 aromatic carbocycles. The third-order valence-electron chi connectivity index (χ3n) is 13.0. The lowest BCUT2D eigenvalue weighted by atomic mass is 9.55. The monoisotopic (exact) mass is 728 g/mol. The van der Waals surface area contributed by atoms with Gasteiger partial charge in [0.15, 0.2) is 0 Å². The highest BCUT2D eigenvalue weighted by Crippen LogP contribution is 2.63. The fourth-order valence-electron chi connectivity index (χ4n) is 10.5. The van der Waals surface area contributed by atoms with Crippen LogP contribution in [0, 0.1) is 0 Å². The zero-order chi connectivity index (χ0) is 38.5. The molecule has 3 aliphatic rings. The molecule has 0 bridgehead atoms. The summed E-state index contributed by atoms with van der Waals surface area (Å²) < 4.78 is 0. The van der Waals surface area contributed by atoms with E-state index in [1.165, 1.54) is 72.1 Å². The van der Waals surface area contributed by atoms with E-state index in [0.29, 0.717) is 5.70 Å². The standard InChI is InChI=1S/C55H40N2/c1-34(36-18-6-5-7-19-36)53(57-56-35(2)37-32-33-42-39-21-9-8-20-38(39)41-24-16-23-40(37)51(41)42)44-25-17-31-50-52(44)43-22-10-11-26-45(43)55(50)48-29-14-12-27-46(48)54(3,4)47-28-13-15-30-49(47)55/h5-33H,2H2,1,3-4H3/b53-34+,57-56-. The number of fused-ring (bicyclic) bond motifs is 12. The van der Waals surface area contributed by atoms with Crippen LogP contribution in [-0.4, -0.2) is 0 Å². The Morgan fingerprint density at radius 2 is 0.965 bits per heavy atom.